The summed E-state index contributed by atoms with van der Waals surface area (Å²) >= 11 is 0. The fraction of sp³-hybridized carbons (Fsp3) is 0.500. The smallest absolute Gasteiger partial charge is 0.355 e. The van der Waals surface area contributed by atoms with Crippen molar-refractivity contribution in [2.24, 2.45) is 16.1 Å². The van der Waals surface area contributed by atoms with E-state index in [-0.39, 0.29) is 32.1 Å². The van der Waals surface area contributed by atoms with E-state index in [1.165, 1.54) is 14.2 Å². The number of esters is 2. The highest BCUT2D eigenvalue weighted by Crippen LogP contribution is 2.32. The van der Waals surface area contributed by atoms with Crippen LogP contribution < -0.4 is 0 Å². The molecule has 2 rings (SSSR count). The molecule has 0 bridgehead atoms. The number of nitrogens with zero attached hydrogens (tertiary/aromatic N) is 3. The first-order valence-corrected chi connectivity index (χ1v) is 8.43. The van der Waals surface area contributed by atoms with Gasteiger partial charge in [-0.1, -0.05) is 0 Å². The summed E-state index contributed by atoms with van der Waals surface area (Å²) in [4.78, 5) is 29.2. The van der Waals surface area contributed by atoms with Gasteiger partial charge in [-0.25, -0.2) is 4.79 Å². The van der Waals surface area contributed by atoms with Gasteiger partial charge >= 0.3 is 11.9 Å². The summed E-state index contributed by atoms with van der Waals surface area (Å²) in [5, 5.41) is 8.00. The molecule has 0 radical (unpaired) electrons. The molecular formula is C18H23N3O6. The van der Waals surface area contributed by atoms with Gasteiger partial charge in [-0.05, 0) is 24.6 Å². The van der Waals surface area contributed by atoms with Crippen LogP contribution in [0.15, 0.2) is 34.7 Å². The standard InChI is InChI=1S/C18H23N3O6/c1-12-14(17(22)26-10-8-24-2)15(13-4-6-19-7-5-13)16(21-20-12)18(23)27-11-9-25-3/h4-7,14-15H,8-11H2,1-3H3. The minimum atomic E-state index is -0.799. The Hall–Kier alpha value is -2.65. The molecule has 0 fully saturated rings. The number of ether oxygens (including phenoxy) is 4. The molecule has 9 nitrogen and oxygen atoms in total. The van der Waals surface area contributed by atoms with Gasteiger partial charge in [0.25, 0.3) is 0 Å². The van der Waals surface area contributed by atoms with Crippen LogP contribution in [0.1, 0.15) is 18.4 Å². The first-order chi connectivity index (χ1) is 13.1. The Morgan fingerprint density at radius 1 is 0.963 bits per heavy atom. The van der Waals surface area contributed by atoms with Crippen LogP contribution in [-0.4, -0.2) is 69.0 Å². The summed E-state index contributed by atoms with van der Waals surface area (Å²) in [6.45, 7) is 2.38. The van der Waals surface area contributed by atoms with E-state index in [9.17, 15) is 9.59 Å². The summed E-state index contributed by atoms with van der Waals surface area (Å²) in [6, 6.07) is 3.44. The average molecular weight is 377 g/mol. The largest absolute Gasteiger partial charge is 0.463 e. The molecule has 1 aromatic rings. The number of carbonyl (C=O) groups excluding carboxylic acids is 2. The fourth-order valence-corrected chi connectivity index (χ4v) is 2.66. The van der Waals surface area contributed by atoms with E-state index in [0.29, 0.717) is 11.3 Å². The van der Waals surface area contributed by atoms with Crippen molar-refractivity contribution in [2.45, 2.75) is 12.8 Å². The predicted octanol–water partition coefficient (Wildman–Crippen LogP) is 0.991. The number of methoxy groups -OCH3 is 2. The molecule has 0 spiro atoms. The van der Waals surface area contributed by atoms with Crippen LogP contribution in [0.25, 0.3) is 0 Å². The molecule has 2 atom stereocenters. The predicted molar refractivity (Wildman–Crippen MR) is 96.7 cm³/mol. The van der Waals surface area contributed by atoms with Crippen LogP contribution in [-0.2, 0) is 28.5 Å². The molecule has 2 unspecified atom stereocenters. The summed E-state index contributed by atoms with van der Waals surface area (Å²) in [5.74, 6) is -2.64. The number of rotatable bonds is 9. The Balaban J connectivity index is 2.31. The third-order valence-electron chi connectivity index (χ3n) is 3.97. The topological polar surface area (TPSA) is 109 Å². The van der Waals surface area contributed by atoms with Gasteiger partial charge in [0, 0.05) is 26.6 Å². The Bertz CT molecular complexity index is 704. The lowest BCUT2D eigenvalue weighted by Crippen LogP contribution is -2.40. The molecule has 1 aliphatic rings. The maximum atomic E-state index is 12.7. The van der Waals surface area contributed by atoms with E-state index in [2.05, 4.69) is 15.2 Å². The lowest BCUT2D eigenvalue weighted by molar-refractivity contribution is -0.147. The summed E-state index contributed by atoms with van der Waals surface area (Å²) in [7, 11) is 3.02. The molecule has 1 aliphatic heterocycles. The van der Waals surface area contributed by atoms with Gasteiger partial charge in [0.15, 0.2) is 5.71 Å². The third-order valence-corrected chi connectivity index (χ3v) is 3.97. The van der Waals surface area contributed by atoms with Crippen molar-refractivity contribution in [3.63, 3.8) is 0 Å². The first-order valence-electron chi connectivity index (χ1n) is 8.43. The van der Waals surface area contributed by atoms with E-state index >= 15 is 0 Å². The van der Waals surface area contributed by atoms with Crippen molar-refractivity contribution in [1.29, 1.82) is 0 Å². The van der Waals surface area contributed by atoms with Crippen LogP contribution >= 0.6 is 0 Å². The van der Waals surface area contributed by atoms with Crippen molar-refractivity contribution in [3.8, 4) is 0 Å². The Kier molecular flexibility index (Phi) is 8.02. The highest BCUT2D eigenvalue weighted by molar-refractivity contribution is 6.40. The zero-order valence-electron chi connectivity index (χ0n) is 15.6. The van der Waals surface area contributed by atoms with Crippen molar-refractivity contribution in [2.75, 3.05) is 40.6 Å². The van der Waals surface area contributed by atoms with Crippen molar-refractivity contribution in [3.05, 3.63) is 30.1 Å². The number of pyridine rings is 1. The zero-order valence-corrected chi connectivity index (χ0v) is 15.6. The Morgan fingerprint density at radius 2 is 1.59 bits per heavy atom. The van der Waals surface area contributed by atoms with Crippen LogP contribution in [0.5, 0.6) is 0 Å². The van der Waals surface area contributed by atoms with Gasteiger partial charge < -0.3 is 18.9 Å². The van der Waals surface area contributed by atoms with Crippen LogP contribution in [0.3, 0.4) is 0 Å². The van der Waals surface area contributed by atoms with Gasteiger partial charge in [0.05, 0.1) is 24.8 Å². The molecule has 146 valence electrons. The van der Waals surface area contributed by atoms with E-state index in [1.54, 1.807) is 31.5 Å². The molecule has 1 aromatic heterocycles. The van der Waals surface area contributed by atoms with Crippen LogP contribution in [0.4, 0.5) is 0 Å². The third kappa shape index (κ3) is 5.41. The molecule has 0 saturated heterocycles. The minimum absolute atomic E-state index is 0.0385. The van der Waals surface area contributed by atoms with Gasteiger partial charge in [0.1, 0.15) is 19.1 Å². The number of hydrogen-bond acceptors (Lipinski definition) is 9. The summed E-state index contributed by atoms with van der Waals surface area (Å²) in [6.07, 6.45) is 3.16. The van der Waals surface area contributed by atoms with E-state index in [1.807, 2.05) is 0 Å². The van der Waals surface area contributed by atoms with E-state index in [4.69, 9.17) is 18.9 Å². The lowest BCUT2D eigenvalue weighted by atomic mass is 9.79. The van der Waals surface area contributed by atoms with E-state index < -0.39 is 23.8 Å². The van der Waals surface area contributed by atoms with Crippen molar-refractivity contribution < 1.29 is 28.5 Å². The quantitative estimate of drug-likeness (QED) is 0.466. The molecular weight excluding hydrogens is 354 g/mol. The fourth-order valence-electron chi connectivity index (χ4n) is 2.66. The number of aromatic nitrogens is 1. The molecule has 2 heterocycles. The molecule has 0 amide bonds. The molecule has 9 heteroatoms. The van der Waals surface area contributed by atoms with Gasteiger partial charge in [-0.15, -0.1) is 5.10 Å². The summed E-state index contributed by atoms with van der Waals surface area (Å²) < 4.78 is 20.3. The summed E-state index contributed by atoms with van der Waals surface area (Å²) in [5.41, 5.74) is 1.18. The second-order valence-corrected chi connectivity index (χ2v) is 5.75. The van der Waals surface area contributed by atoms with Crippen molar-refractivity contribution in [1.82, 2.24) is 4.98 Å². The zero-order chi connectivity index (χ0) is 19.6. The first kappa shape index (κ1) is 20.7. The number of hydrogen-bond donors (Lipinski definition) is 0. The highest BCUT2D eigenvalue weighted by Gasteiger charge is 2.42. The molecule has 27 heavy (non-hydrogen) atoms. The SMILES string of the molecule is COCCOC(=O)C1=NN=C(C)C(C(=O)OCCOC)C1c1ccncc1. The maximum absolute atomic E-state index is 12.7. The van der Waals surface area contributed by atoms with Crippen LogP contribution in [0.2, 0.25) is 0 Å². The normalized spacial score (nSPS) is 19.1. The van der Waals surface area contributed by atoms with Gasteiger partial charge in [-0.3, -0.25) is 9.78 Å². The van der Waals surface area contributed by atoms with Crippen molar-refractivity contribution >= 4 is 23.4 Å². The minimum Gasteiger partial charge on any atom is -0.463 e. The Labute approximate surface area is 157 Å². The Morgan fingerprint density at radius 3 is 2.22 bits per heavy atom. The molecule has 0 N–H and O–H groups in total. The second-order valence-electron chi connectivity index (χ2n) is 5.75. The lowest BCUT2D eigenvalue weighted by Gasteiger charge is -2.28. The maximum Gasteiger partial charge on any atom is 0.355 e. The molecule has 0 aromatic carbocycles. The number of carbonyl (C=O) groups is 2. The van der Waals surface area contributed by atoms with E-state index in [0.717, 1.165) is 0 Å². The van der Waals surface area contributed by atoms with Crippen LogP contribution in [0, 0.1) is 5.92 Å². The van der Waals surface area contributed by atoms with Gasteiger partial charge in [-0.2, -0.15) is 5.10 Å². The highest BCUT2D eigenvalue weighted by atomic mass is 16.6. The molecule has 0 aliphatic carbocycles. The monoisotopic (exact) mass is 377 g/mol. The van der Waals surface area contributed by atoms with Gasteiger partial charge in [0.2, 0.25) is 0 Å². The molecule has 0 saturated carbocycles. The average Bonchev–Trinajstić information content (AvgIpc) is 2.68. The second kappa shape index (κ2) is 10.5.